The predicted octanol–water partition coefficient (Wildman–Crippen LogP) is 5.33. The van der Waals surface area contributed by atoms with Crippen LogP contribution >= 0.6 is 0 Å². The van der Waals surface area contributed by atoms with Gasteiger partial charge in [0.1, 0.15) is 0 Å². The molecule has 3 nitrogen and oxygen atoms in total. The average molecular weight is 486 g/mol. The van der Waals surface area contributed by atoms with Crippen LogP contribution in [0, 0.1) is 24.0 Å². The summed E-state index contributed by atoms with van der Waals surface area (Å²) < 4.78 is 0. The van der Waals surface area contributed by atoms with E-state index < -0.39 is 0 Å². The maximum absolute atomic E-state index is 7.00. The molecule has 0 amide bonds. The molecule has 0 fully saturated rings. The normalized spacial score (nSPS) is 22.1. The van der Waals surface area contributed by atoms with Crippen LogP contribution in [0.25, 0.3) is 0 Å². The Labute approximate surface area is 215 Å². The van der Waals surface area contributed by atoms with Crippen LogP contribution in [-0.2, 0) is 43.4 Å². The Bertz CT molecular complexity index is 489. The van der Waals surface area contributed by atoms with Crippen LogP contribution in [0.1, 0.15) is 78.1 Å². The fourth-order valence-corrected chi connectivity index (χ4v) is 4.36. The van der Waals surface area contributed by atoms with Crippen molar-refractivity contribution in [2.24, 2.45) is 11.8 Å². The minimum absolute atomic E-state index is 0. The summed E-state index contributed by atoms with van der Waals surface area (Å²) in [5, 5.41) is 21.0. The summed E-state index contributed by atoms with van der Waals surface area (Å²) in [5.74, 6) is 1.37. The first-order chi connectivity index (χ1) is 13.8. The van der Waals surface area contributed by atoms with Gasteiger partial charge in [0.2, 0.25) is 0 Å². The van der Waals surface area contributed by atoms with E-state index in [1.807, 2.05) is 0 Å². The first kappa shape index (κ1) is 34.9. The minimum Gasteiger partial charge on any atom is -0.400 e. The van der Waals surface area contributed by atoms with Crippen molar-refractivity contribution in [2.45, 2.75) is 78.1 Å². The molecule has 170 valence electrons. The summed E-state index contributed by atoms with van der Waals surface area (Å²) >= 11 is 0. The molecule has 0 aliphatic heterocycles. The quantitative estimate of drug-likeness (QED) is 0.365. The Kier molecular flexibility index (Phi) is 26.1. The van der Waals surface area contributed by atoms with E-state index in [9.17, 15) is 0 Å². The monoisotopic (exact) mass is 486 g/mol. The number of hydrogen-bond acceptors (Lipinski definition) is 3. The molecule has 0 bridgehead atoms. The van der Waals surface area contributed by atoms with Gasteiger partial charge < -0.3 is 15.3 Å². The molecule has 4 rings (SSSR count). The maximum Gasteiger partial charge on any atom is 0.0319 e. The van der Waals surface area contributed by atoms with E-state index in [0.29, 0.717) is 11.8 Å². The van der Waals surface area contributed by atoms with Crippen LogP contribution in [0.2, 0.25) is 0 Å². The van der Waals surface area contributed by atoms with Crippen molar-refractivity contribution in [3.63, 3.8) is 0 Å². The molecular formula is C25H42O3Ti2-2. The predicted molar refractivity (Wildman–Crippen MR) is 119 cm³/mol. The van der Waals surface area contributed by atoms with Gasteiger partial charge in [-0.2, -0.15) is 22.3 Å². The molecule has 30 heavy (non-hydrogen) atoms. The van der Waals surface area contributed by atoms with E-state index in [-0.39, 0.29) is 43.4 Å². The van der Waals surface area contributed by atoms with E-state index in [1.54, 1.807) is 22.3 Å². The molecule has 2 atom stereocenters. The van der Waals surface area contributed by atoms with Crippen molar-refractivity contribution >= 4 is 0 Å². The van der Waals surface area contributed by atoms with Crippen LogP contribution in [-0.4, -0.2) is 36.6 Å². The van der Waals surface area contributed by atoms with Crippen LogP contribution < -0.4 is 0 Å². The summed E-state index contributed by atoms with van der Waals surface area (Å²) in [4.78, 5) is 0. The zero-order valence-electron chi connectivity index (χ0n) is 19.7. The summed E-state index contributed by atoms with van der Waals surface area (Å²) in [6.45, 7) is 4.52. The Balaban J connectivity index is -0.000000370. The van der Waals surface area contributed by atoms with Gasteiger partial charge in [-0.15, -0.1) is 0 Å². The van der Waals surface area contributed by atoms with E-state index >= 15 is 0 Å². The summed E-state index contributed by atoms with van der Waals surface area (Å²) in [6.07, 6.45) is 24.8. The number of hydrogen-bond donors (Lipinski definition) is 3. The number of aliphatic hydroxyl groups excluding tert-OH is 3. The summed E-state index contributed by atoms with van der Waals surface area (Å²) in [6, 6.07) is 0. The molecule has 0 saturated carbocycles. The molecule has 4 aliphatic rings. The standard InChI is InChI=1S/2C11H15.3CH4O.2Ti/c2*1-2-9-7-8-10-5-3-4-6-11(9)10;3*1-2;;/h2*8-9H,2-6H2,1H3;3*2H,1H3;;/q2*-1;;;;;. The molecule has 0 heterocycles. The molecular weight excluding hydrogens is 444 g/mol. The van der Waals surface area contributed by atoms with Crippen molar-refractivity contribution < 1.29 is 58.8 Å². The van der Waals surface area contributed by atoms with Crippen LogP contribution in [0.15, 0.2) is 34.4 Å². The van der Waals surface area contributed by atoms with Crippen molar-refractivity contribution in [2.75, 3.05) is 21.3 Å². The molecule has 0 aromatic heterocycles. The largest absolute Gasteiger partial charge is 0.400 e. The van der Waals surface area contributed by atoms with E-state index in [0.717, 1.165) is 21.3 Å². The number of aliphatic hydroxyl groups is 3. The smallest absolute Gasteiger partial charge is 0.0319 e. The van der Waals surface area contributed by atoms with Gasteiger partial charge in [0.25, 0.3) is 0 Å². The van der Waals surface area contributed by atoms with Crippen LogP contribution in [0.3, 0.4) is 0 Å². The second-order valence-corrected chi connectivity index (χ2v) is 7.06. The van der Waals surface area contributed by atoms with Gasteiger partial charge in [0.15, 0.2) is 0 Å². The fourth-order valence-electron chi connectivity index (χ4n) is 4.36. The van der Waals surface area contributed by atoms with Crippen molar-refractivity contribution in [3.05, 3.63) is 46.6 Å². The minimum atomic E-state index is 0. The van der Waals surface area contributed by atoms with Gasteiger partial charge in [-0.3, -0.25) is 12.2 Å². The molecule has 0 aromatic carbocycles. The second-order valence-electron chi connectivity index (χ2n) is 7.06. The second kappa shape index (κ2) is 22.5. The zero-order chi connectivity index (χ0) is 21.4. The molecule has 5 heteroatoms. The molecule has 0 saturated heterocycles. The van der Waals surface area contributed by atoms with Crippen molar-refractivity contribution in [1.29, 1.82) is 0 Å². The fraction of sp³-hybridized carbons (Fsp3) is 0.680. The van der Waals surface area contributed by atoms with Crippen molar-refractivity contribution in [3.8, 4) is 0 Å². The van der Waals surface area contributed by atoms with Gasteiger partial charge in [0, 0.05) is 64.8 Å². The molecule has 2 unspecified atom stereocenters. The van der Waals surface area contributed by atoms with Gasteiger partial charge >= 0.3 is 0 Å². The van der Waals surface area contributed by atoms with E-state index in [4.69, 9.17) is 15.3 Å². The average Bonchev–Trinajstić information content (AvgIpc) is 3.42. The third kappa shape index (κ3) is 10.7. The molecule has 0 spiro atoms. The van der Waals surface area contributed by atoms with E-state index in [2.05, 4.69) is 38.2 Å². The third-order valence-corrected chi connectivity index (χ3v) is 5.68. The first-order valence-electron chi connectivity index (χ1n) is 10.8. The SMILES string of the molecule is CCC1[C-]=CC2=C1CCCC2.CCC1[C-]=CC2=C1CCCC2.CO.CO.CO.[Ti].[Ti]. The van der Waals surface area contributed by atoms with Gasteiger partial charge in [0.05, 0.1) is 0 Å². The van der Waals surface area contributed by atoms with E-state index in [1.165, 1.54) is 64.2 Å². The molecule has 3 N–H and O–H groups in total. The Morgan fingerprint density at radius 2 is 0.933 bits per heavy atom. The van der Waals surface area contributed by atoms with Crippen LogP contribution in [0.5, 0.6) is 0 Å². The number of allylic oxidation sites excluding steroid dienone is 8. The topological polar surface area (TPSA) is 60.7 Å². The third-order valence-electron chi connectivity index (χ3n) is 5.68. The van der Waals surface area contributed by atoms with Crippen LogP contribution in [0.4, 0.5) is 0 Å². The molecule has 4 aliphatic carbocycles. The Morgan fingerprint density at radius 3 is 1.23 bits per heavy atom. The first-order valence-corrected chi connectivity index (χ1v) is 10.8. The Hall–Kier alpha value is 0.269. The van der Waals surface area contributed by atoms with Gasteiger partial charge in [-0.25, -0.2) is 12.2 Å². The summed E-state index contributed by atoms with van der Waals surface area (Å²) in [5.41, 5.74) is 6.64. The van der Waals surface area contributed by atoms with Gasteiger partial charge in [-0.05, 0) is 12.8 Å². The Morgan fingerprint density at radius 1 is 0.633 bits per heavy atom. The summed E-state index contributed by atoms with van der Waals surface area (Å²) in [7, 11) is 3.00. The maximum atomic E-state index is 7.00. The zero-order valence-corrected chi connectivity index (χ0v) is 22.8. The van der Waals surface area contributed by atoms with Crippen molar-refractivity contribution in [1.82, 2.24) is 0 Å². The molecule has 0 radical (unpaired) electrons. The molecule has 0 aromatic rings. The number of rotatable bonds is 2. The van der Waals surface area contributed by atoms with Gasteiger partial charge in [-0.1, -0.05) is 77.0 Å².